The summed E-state index contributed by atoms with van der Waals surface area (Å²) in [6.45, 7) is 5.73. The molecular formula is C6H10INOS. The van der Waals surface area contributed by atoms with Gasteiger partial charge < -0.3 is 0 Å². The first-order valence-corrected chi connectivity index (χ1v) is 6.23. The molecular weight excluding hydrogens is 261 g/mol. The molecule has 10 heavy (non-hydrogen) atoms. The highest BCUT2D eigenvalue weighted by Crippen LogP contribution is 2.28. The molecule has 0 bridgehead atoms. The fourth-order valence-electron chi connectivity index (χ4n) is 0.309. The van der Waals surface area contributed by atoms with Gasteiger partial charge in [-0.1, -0.05) is 13.8 Å². The van der Waals surface area contributed by atoms with Gasteiger partial charge in [0.25, 0.3) is 0 Å². The lowest BCUT2D eigenvalue weighted by Gasteiger charge is -2.23. The van der Waals surface area contributed by atoms with E-state index in [2.05, 4.69) is 6.07 Å². The van der Waals surface area contributed by atoms with Gasteiger partial charge in [0.1, 0.15) is 0 Å². The van der Waals surface area contributed by atoms with Crippen LogP contribution in [-0.2, 0) is 4.18 Å². The molecule has 0 aromatic rings. The molecule has 0 saturated heterocycles. The van der Waals surface area contributed by atoms with Crippen molar-refractivity contribution >= 4 is 30.4 Å². The molecule has 58 valence electrons. The van der Waals surface area contributed by atoms with E-state index in [1.54, 1.807) is 6.92 Å². The largest absolute Gasteiger partial charge is 0.283 e. The highest BCUT2D eigenvalue weighted by atomic mass is 127. The lowest BCUT2D eigenvalue weighted by molar-refractivity contribution is 0.129. The van der Waals surface area contributed by atoms with E-state index in [-0.39, 0.29) is 5.92 Å². The molecule has 0 saturated carbocycles. The van der Waals surface area contributed by atoms with Gasteiger partial charge in [-0.2, -0.15) is 5.26 Å². The Morgan fingerprint density at radius 3 is 2.30 bits per heavy atom. The minimum Gasteiger partial charge on any atom is -0.283 e. The standard InChI is InChI=1S/C6H10INOS/c1-5(2)6(3,4-8)9-10-7/h5H,1-3H3. The Kier molecular flexibility index (Phi) is 4.65. The number of nitriles is 1. The maximum absolute atomic E-state index is 8.70. The fourth-order valence-corrected chi connectivity index (χ4v) is 1.79. The van der Waals surface area contributed by atoms with Crippen LogP contribution in [0.3, 0.4) is 0 Å². The Morgan fingerprint density at radius 2 is 2.20 bits per heavy atom. The second kappa shape index (κ2) is 4.42. The van der Waals surface area contributed by atoms with Gasteiger partial charge in [0.05, 0.1) is 15.3 Å². The van der Waals surface area contributed by atoms with Crippen LogP contribution in [0.2, 0.25) is 0 Å². The number of hydrogen-bond donors (Lipinski definition) is 0. The van der Waals surface area contributed by atoms with E-state index in [0.29, 0.717) is 0 Å². The van der Waals surface area contributed by atoms with Crippen molar-refractivity contribution in [1.82, 2.24) is 0 Å². The number of rotatable bonds is 3. The van der Waals surface area contributed by atoms with Gasteiger partial charge in [0, 0.05) is 21.2 Å². The minimum atomic E-state index is -0.647. The van der Waals surface area contributed by atoms with E-state index in [0.717, 1.165) is 0 Å². The van der Waals surface area contributed by atoms with Crippen molar-refractivity contribution in [3.63, 3.8) is 0 Å². The second-order valence-electron chi connectivity index (χ2n) is 2.52. The van der Waals surface area contributed by atoms with Crippen LogP contribution < -0.4 is 0 Å². The van der Waals surface area contributed by atoms with E-state index in [1.807, 2.05) is 35.1 Å². The van der Waals surface area contributed by atoms with Crippen molar-refractivity contribution in [2.45, 2.75) is 26.4 Å². The summed E-state index contributed by atoms with van der Waals surface area (Å²) in [6.07, 6.45) is 0. The van der Waals surface area contributed by atoms with E-state index < -0.39 is 5.60 Å². The maximum Gasteiger partial charge on any atom is 0.169 e. The SMILES string of the molecule is CC(C)C(C)(C#N)OSI. The van der Waals surface area contributed by atoms with Crippen LogP contribution in [0.5, 0.6) is 0 Å². The van der Waals surface area contributed by atoms with Crippen LogP contribution in [0, 0.1) is 17.2 Å². The molecule has 4 heteroatoms. The molecule has 0 radical (unpaired) electrons. The Hall–Kier alpha value is 0.530. The van der Waals surface area contributed by atoms with Crippen molar-refractivity contribution in [1.29, 1.82) is 5.26 Å². The summed E-state index contributed by atoms with van der Waals surface area (Å²) in [7, 11) is 1.21. The molecule has 0 aliphatic rings. The van der Waals surface area contributed by atoms with Crippen LogP contribution in [0.4, 0.5) is 0 Å². The van der Waals surface area contributed by atoms with E-state index in [4.69, 9.17) is 9.44 Å². The predicted molar refractivity (Wildman–Crippen MR) is 51.6 cm³/mol. The molecule has 1 unspecified atom stereocenters. The number of nitrogens with zero attached hydrogens (tertiary/aromatic N) is 1. The van der Waals surface area contributed by atoms with Gasteiger partial charge in [-0.25, -0.2) is 0 Å². The molecule has 0 aliphatic carbocycles. The summed E-state index contributed by atoms with van der Waals surface area (Å²) in [5.41, 5.74) is -0.647. The highest BCUT2D eigenvalue weighted by Gasteiger charge is 2.29. The molecule has 1 atom stereocenters. The van der Waals surface area contributed by atoms with E-state index >= 15 is 0 Å². The smallest absolute Gasteiger partial charge is 0.169 e. The summed E-state index contributed by atoms with van der Waals surface area (Å²) in [5.74, 6) is 0.222. The van der Waals surface area contributed by atoms with Gasteiger partial charge in [0.2, 0.25) is 0 Å². The predicted octanol–water partition coefficient (Wildman–Crippen LogP) is 2.94. The van der Waals surface area contributed by atoms with Gasteiger partial charge in [-0.15, -0.1) is 0 Å². The maximum atomic E-state index is 8.70. The monoisotopic (exact) mass is 271 g/mol. The third kappa shape index (κ3) is 2.64. The van der Waals surface area contributed by atoms with Gasteiger partial charge >= 0.3 is 0 Å². The lowest BCUT2D eigenvalue weighted by atomic mass is 9.95. The zero-order valence-corrected chi connectivity index (χ0v) is 9.19. The van der Waals surface area contributed by atoms with Crippen molar-refractivity contribution in [3.8, 4) is 6.07 Å². The van der Waals surface area contributed by atoms with E-state index in [1.165, 1.54) is 9.21 Å². The van der Waals surface area contributed by atoms with Gasteiger partial charge in [-0.3, -0.25) is 4.18 Å². The normalized spacial score (nSPS) is 16.4. The third-order valence-electron chi connectivity index (χ3n) is 1.53. The van der Waals surface area contributed by atoms with Crippen molar-refractivity contribution in [3.05, 3.63) is 0 Å². The molecule has 0 amide bonds. The molecule has 0 aromatic carbocycles. The molecule has 0 aromatic heterocycles. The molecule has 0 spiro atoms. The Morgan fingerprint density at radius 1 is 1.70 bits per heavy atom. The van der Waals surface area contributed by atoms with Crippen molar-refractivity contribution < 1.29 is 4.18 Å². The van der Waals surface area contributed by atoms with Gasteiger partial charge in [0.15, 0.2) is 5.60 Å². The topological polar surface area (TPSA) is 33.0 Å². The first-order valence-electron chi connectivity index (χ1n) is 2.94. The quantitative estimate of drug-likeness (QED) is 0.584. The fraction of sp³-hybridized carbons (Fsp3) is 0.833. The Bertz CT molecular complexity index is 145. The Balaban J connectivity index is 4.12. The average Bonchev–Trinajstić information content (AvgIpc) is 1.88. The second-order valence-corrected chi connectivity index (χ2v) is 3.89. The lowest BCUT2D eigenvalue weighted by Crippen LogP contribution is -2.30. The average molecular weight is 271 g/mol. The molecule has 2 nitrogen and oxygen atoms in total. The number of hydrogen-bond acceptors (Lipinski definition) is 3. The van der Waals surface area contributed by atoms with Crippen molar-refractivity contribution in [2.24, 2.45) is 5.92 Å². The summed E-state index contributed by atoms with van der Waals surface area (Å²) in [5, 5.41) is 8.70. The highest BCUT2D eigenvalue weighted by molar-refractivity contribution is 14.2. The molecule has 0 fully saturated rings. The molecule has 0 aliphatic heterocycles. The van der Waals surface area contributed by atoms with Gasteiger partial charge in [-0.05, 0) is 12.8 Å². The van der Waals surface area contributed by atoms with Crippen LogP contribution in [0.1, 0.15) is 20.8 Å². The zero-order chi connectivity index (χ0) is 8.20. The first kappa shape index (κ1) is 10.5. The zero-order valence-electron chi connectivity index (χ0n) is 6.22. The van der Waals surface area contributed by atoms with Crippen LogP contribution in [0.25, 0.3) is 0 Å². The number of halogens is 1. The molecule has 0 heterocycles. The van der Waals surface area contributed by atoms with Crippen molar-refractivity contribution in [2.75, 3.05) is 0 Å². The summed E-state index contributed by atoms with van der Waals surface area (Å²) < 4.78 is 5.18. The Labute approximate surface area is 78.1 Å². The van der Waals surface area contributed by atoms with E-state index in [9.17, 15) is 0 Å². The minimum absolute atomic E-state index is 0.222. The third-order valence-corrected chi connectivity index (χ3v) is 2.48. The van der Waals surface area contributed by atoms with Crippen LogP contribution in [0.15, 0.2) is 0 Å². The first-order chi connectivity index (χ1) is 4.56. The molecule has 0 N–H and O–H groups in total. The summed E-state index contributed by atoms with van der Waals surface area (Å²) in [6, 6.07) is 2.13. The summed E-state index contributed by atoms with van der Waals surface area (Å²) in [4.78, 5) is 0. The molecule has 0 rings (SSSR count). The van der Waals surface area contributed by atoms with Crippen LogP contribution in [-0.4, -0.2) is 5.60 Å². The summed E-state index contributed by atoms with van der Waals surface area (Å²) >= 11 is 2.01. The van der Waals surface area contributed by atoms with Crippen LogP contribution >= 0.6 is 30.4 Å².